The molecule has 0 saturated heterocycles. The highest BCUT2D eigenvalue weighted by molar-refractivity contribution is 8.08. The van der Waals surface area contributed by atoms with Gasteiger partial charge in [-0.3, -0.25) is 15.3 Å². The molecule has 2 N–H and O–H groups in total. The van der Waals surface area contributed by atoms with Crippen molar-refractivity contribution in [2.24, 2.45) is 5.10 Å². The highest BCUT2D eigenvalue weighted by atomic mass is 32.2. The summed E-state index contributed by atoms with van der Waals surface area (Å²) in [6, 6.07) is 2.75. The Kier molecular flexibility index (Phi) is 5.33. The molecule has 1 aliphatic heterocycles. The fraction of sp³-hybridized carbons (Fsp3) is 0.278. The first-order valence-corrected chi connectivity index (χ1v) is 10.0. The van der Waals surface area contributed by atoms with Crippen LogP contribution in [0.25, 0.3) is 0 Å². The Balaban J connectivity index is 2.18. The van der Waals surface area contributed by atoms with Crippen LogP contribution in [0.3, 0.4) is 0 Å². The van der Waals surface area contributed by atoms with Crippen molar-refractivity contribution in [3.05, 3.63) is 36.0 Å². The number of nitrogens with zero attached hydrogens (tertiary/aromatic N) is 3. The molecule has 0 fully saturated rings. The highest BCUT2D eigenvalue weighted by Gasteiger charge is 2.42. The molecule has 154 valence electrons. The Morgan fingerprint density at radius 2 is 1.93 bits per heavy atom. The van der Waals surface area contributed by atoms with E-state index in [4.69, 9.17) is 9.47 Å². The second-order valence-corrected chi connectivity index (χ2v) is 8.07. The van der Waals surface area contributed by atoms with Crippen LogP contribution in [0.4, 0.5) is 11.5 Å². The maximum atomic E-state index is 13.2. The molecule has 2 heterocycles. The summed E-state index contributed by atoms with van der Waals surface area (Å²) in [4.78, 5) is 14.1. The zero-order valence-corrected chi connectivity index (χ0v) is 17.3. The fourth-order valence-corrected chi connectivity index (χ4v) is 4.26. The zero-order chi connectivity index (χ0) is 21.3. The van der Waals surface area contributed by atoms with E-state index in [1.54, 1.807) is 6.92 Å². The summed E-state index contributed by atoms with van der Waals surface area (Å²) in [5.74, 6) is 0.0478. The molecular weight excluding hydrogens is 398 g/mol. The van der Waals surface area contributed by atoms with Gasteiger partial charge in [0, 0.05) is 29.9 Å². The first kappa shape index (κ1) is 20.4. The third-order valence-electron chi connectivity index (χ3n) is 4.56. The number of aryl methyl sites for hydroxylation is 1. The lowest BCUT2D eigenvalue weighted by atomic mass is 10.2. The van der Waals surface area contributed by atoms with Crippen molar-refractivity contribution in [3.63, 3.8) is 0 Å². The van der Waals surface area contributed by atoms with E-state index in [1.807, 2.05) is 6.92 Å². The Morgan fingerprint density at radius 1 is 1.28 bits per heavy atom. The van der Waals surface area contributed by atoms with Gasteiger partial charge in [-0.05, 0) is 13.8 Å². The van der Waals surface area contributed by atoms with Crippen molar-refractivity contribution >= 4 is 32.3 Å². The van der Waals surface area contributed by atoms with Gasteiger partial charge in [0.25, 0.3) is 5.91 Å². The minimum atomic E-state index is -4.23. The monoisotopic (exact) mass is 419 g/mol. The number of benzene rings is 1. The molecule has 1 aliphatic rings. The number of fused-ring (bicyclic) bond motifs is 1. The number of hydrazone groups is 1. The maximum absolute atomic E-state index is 13.2. The molecule has 0 spiro atoms. The van der Waals surface area contributed by atoms with E-state index < -0.39 is 20.8 Å². The molecule has 0 aliphatic carbocycles. The average Bonchev–Trinajstić information content (AvgIpc) is 3.02. The van der Waals surface area contributed by atoms with Gasteiger partial charge in [-0.25, -0.2) is 8.42 Å². The number of carbonyl (C=O) groups is 1. The number of hydrogen-bond acceptors (Lipinski definition) is 8. The lowest BCUT2D eigenvalue weighted by Crippen LogP contribution is -2.45. The SMILES string of the molecule is C=CCN1C(=O)C(=NNc2n[nH]c(C)c2C)S(=O)(=O)c2cc(OC)c(OC)cc21. The maximum Gasteiger partial charge on any atom is 0.291 e. The van der Waals surface area contributed by atoms with E-state index in [1.165, 1.54) is 37.3 Å². The van der Waals surface area contributed by atoms with Gasteiger partial charge < -0.3 is 14.4 Å². The predicted molar refractivity (Wildman–Crippen MR) is 108 cm³/mol. The summed E-state index contributed by atoms with van der Waals surface area (Å²) >= 11 is 0. The molecular formula is C18H21N5O5S. The molecule has 3 rings (SSSR count). The van der Waals surface area contributed by atoms with Gasteiger partial charge in [0.1, 0.15) is 4.90 Å². The molecule has 1 aromatic carbocycles. The molecule has 0 unspecified atom stereocenters. The van der Waals surface area contributed by atoms with Crippen LogP contribution in [0.1, 0.15) is 11.3 Å². The van der Waals surface area contributed by atoms with Crippen LogP contribution in [-0.4, -0.2) is 50.3 Å². The van der Waals surface area contributed by atoms with E-state index in [0.717, 1.165) is 11.3 Å². The molecule has 10 nitrogen and oxygen atoms in total. The van der Waals surface area contributed by atoms with Crippen LogP contribution in [0.2, 0.25) is 0 Å². The number of methoxy groups -OCH3 is 2. The van der Waals surface area contributed by atoms with Crippen LogP contribution < -0.4 is 19.8 Å². The van der Waals surface area contributed by atoms with Crippen molar-refractivity contribution in [1.82, 2.24) is 10.2 Å². The summed E-state index contributed by atoms with van der Waals surface area (Å²) in [7, 11) is -1.41. The summed E-state index contributed by atoms with van der Waals surface area (Å²) in [5, 5.41) is 10.0. The smallest absolute Gasteiger partial charge is 0.291 e. The molecule has 1 aromatic heterocycles. The van der Waals surface area contributed by atoms with Crippen LogP contribution in [0, 0.1) is 13.8 Å². The highest BCUT2D eigenvalue weighted by Crippen LogP contribution is 2.41. The third-order valence-corrected chi connectivity index (χ3v) is 6.24. The molecule has 0 radical (unpaired) electrons. The van der Waals surface area contributed by atoms with E-state index in [2.05, 4.69) is 27.3 Å². The van der Waals surface area contributed by atoms with Crippen LogP contribution in [-0.2, 0) is 14.6 Å². The van der Waals surface area contributed by atoms with Crippen LogP contribution >= 0.6 is 0 Å². The number of hydrogen-bond donors (Lipinski definition) is 2. The molecule has 0 saturated carbocycles. The first-order chi connectivity index (χ1) is 13.8. The molecule has 0 atom stereocenters. The number of nitrogens with one attached hydrogen (secondary N) is 2. The Morgan fingerprint density at radius 3 is 2.48 bits per heavy atom. The minimum absolute atomic E-state index is 0.0798. The Labute approximate surface area is 168 Å². The predicted octanol–water partition coefficient (Wildman–Crippen LogP) is 1.78. The average molecular weight is 419 g/mol. The third kappa shape index (κ3) is 3.33. The second-order valence-electron chi connectivity index (χ2n) is 6.23. The van der Waals surface area contributed by atoms with Crippen LogP contribution in [0.5, 0.6) is 11.5 Å². The number of aromatic nitrogens is 2. The Bertz CT molecular complexity index is 1120. The number of carbonyl (C=O) groups excluding carboxylic acids is 1. The quantitative estimate of drug-likeness (QED) is 0.540. The van der Waals surface area contributed by atoms with Gasteiger partial charge in [-0.15, -0.1) is 6.58 Å². The number of amides is 1. The topological polar surface area (TPSA) is 126 Å². The number of sulfone groups is 1. The largest absolute Gasteiger partial charge is 0.493 e. The van der Waals surface area contributed by atoms with Gasteiger partial charge in [-0.2, -0.15) is 10.2 Å². The number of ether oxygens (including phenoxy) is 2. The van der Waals surface area contributed by atoms with E-state index in [0.29, 0.717) is 11.6 Å². The summed E-state index contributed by atoms with van der Waals surface area (Å²) in [5.41, 5.74) is 4.28. The van der Waals surface area contributed by atoms with E-state index in [-0.39, 0.29) is 22.9 Å². The molecule has 11 heteroatoms. The number of H-pyrrole nitrogens is 1. The fourth-order valence-electron chi connectivity index (χ4n) is 2.84. The Hall–Kier alpha value is -3.34. The minimum Gasteiger partial charge on any atom is -0.493 e. The molecule has 2 aromatic rings. The van der Waals surface area contributed by atoms with Gasteiger partial charge in [-0.1, -0.05) is 6.08 Å². The van der Waals surface area contributed by atoms with E-state index in [9.17, 15) is 13.2 Å². The summed E-state index contributed by atoms with van der Waals surface area (Å²) in [6.45, 7) is 7.32. The van der Waals surface area contributed by atoms with E-state index >= 15 is 0 Å². The van der Waals surface area contributed by atoms with Gasteiger partial charge in [0.15, 0.2) is 17.3 Å². The van der Waals surface area contributed by atoms with Crippen molar-refractivity contribution < 1.29 is 22.7 Å². The second kappa shape index (κ2) is 7.59. The zero-order valence-electron chi connectivity index (χ0n) is 16.4. The van der Waals surface area contributed by atoms with Crippen molar-refractivity contribution in [1.29, 1.82) is 0 Å². The summed E-state index contributed by atoms with van der Waals surface area (Å²) in [6.07, 6.45) is 1.49. The number of rotatable bonds is 6. The standard InChI is InChI=1S/C18H21N5O5S/c1-6-7-23-12-8-13(27-4)14(28-5)9-15(12)29(25,26)17(18(23)24)22-21-16-10(2)11(3)19-20-16/h6,8-9H,1,7H2,2-5H3,(H2,19,20,21). The number of anilines is 2. The summed E-state index contributed by atoms with van der Waals surface area (Å²) < 4.78 is 36.8. The van der Waals surface area contributed by atoms with Crippen molar-refractivity contribution in [3.8, 4) is 11.5 Å². The lowest BCUT2D eigenvalue weighted by molar-refractivity contribution is -0.112. The normalized spacial score (nSPS) is 16.5. The van der Waals surface area contributed by atoms with Crippen molar-refractivity contribution in [2.75, 3.05) is 31.1 Å². The van der Waals surface area contributed by atoms with Crippen molar-refractivity contribution in [2.45, 2.75) is 18.7 Å². The molecule has 0 bridgehead atoms. The van der Waals surface area contributed by atoms with Gasteiger partial charge >= 0.3 is 0 Å². The van der Waals surface area contributed by atoms with Crippen LogP contribution in [0.15, 0.2) is 34.8 Å². The van der Waals surface area contributed by atoms with Gasteiger partial charge in [0.05, 0.1) is 19.9 Å². The number of aromatic amines is 1. The first-order valence-electron chi connectivity index (χ1n) is 8.55. The lowest BCUT2D eigenvalue weighted by Gasteiger charge is -2.29. The van der Waals surface area contributed by atoms with Gasteiger partial charge in [0.2, 0.25) is 14.9 Å². The molecule has 29 heavy (non-hydrogen) atoms. The molecule has 1 amide bonds.